The van der Waals surface area contributed by atoms with Crippen LogP contribution < -0.4 is 14.5 Å². The minimum Gasteiger partial charge on any atom is -0.508 e. The number of benzene rings is 3. The first-order valence-corrected chi connectivity index (χ1v) is 12.2. The van der Waals surface area contributed by atoms with Crippen LogP contribution in [0.25, 0.3) is 0 Å². The molecular formula is C25H21N3O4S2. The maximum atomic E-state index is 13.8. The third-order valence-corrected chi connectivity index (χ3v) is 7.72. The van der Waals surface area contributed by atoms with E-state index in [4.69, 9.17) is 9.73 Å². The number of ether oxygens (including phenoxy) is 1. The van der Waals surface area contributed by atoms with Gasteiger partial charge in [0.25, 0.3) is 5.91 Å². The Bertz CT molecular complexity index is 1320. The van der Waals surface area contributed by atoms with Gasteiger partial charge in [-0.2, -0.15) is 0 Å². The van der Waals surface area contributed by atoms with E-state index in [2.05, 4.69) is 4.90 Å². The summed E-state index contributed by atoms with van der Waals surface area (Å²) in [7, 11) is 1.64. The molecule has 0 saturated carbocycles. The van der Waals surface area contributed by atoms with Crippen LogP contribution in [-0.2, 0) is 4.79 Å². The van der Waals surface area contributed by atoms with Gasteiger partial charge in [0.15, 0.2) is 5.17 Å². The van der Waals surface area contributed by atoms with E-state index >= 15 is 0 Å². The highest BCUT2D eigenvalue weighted by molar-refractivity contribution is 8.20. The molecule has 7 nitrogen and oxygen atoms in total. The number of methoxy groups -OCH3 is 1. The number of amidine groups is 1. The van der Waals surface area contributed by atoms with Gasteiger partial charge in [-0.15, -0.1) is 0 Å². The van der Waals surface area contributed by atoms with E-state index in [1.165, 1.54) is 11.8 Å². The second kappa shape index (κ2) is 9.00. The Balaban J connectivity index is 1.61. The Morgan fingerprint density at radius 2 is 1.62 bits per heavy atom. The van der Waals surface area contributed by atoms with Gasteiger partial charge in [0.1, 0.15) is 27.2 Å². The Hall–Kier alpha value is -3.56. The maximum Gasteiger partial charge on any atom is 0.274 e. The van der Waals surface area contributed by atoms with Crippen LogP contribution in [0.3, 0.4) is 0 Å². The number of phenolic OH excluding ortho intramolecular Hbond substituents is 2. The molecule has 1 saturated heterocycles. The summed E-state index contributed by atoms with van der Waals surface area (Å²) in [6.45, 7) is 2.73. The van der Waals surface area contributed by atoms with Gasteiger partial charge in [0.05, 0.1) is 24.2 Å². The molecule has 2 N–H and O–H groups in total. The van der Waals surface area contributed by atoms with Crippen molar-refractivity contribution in [2.24, 2.45) is 4.99 Å². The van der Waals surface area contributed by atoms with Crippen molar-refractivity contribution in [3.05, 3.63) is 76.7 Å². The zero-order valence-electron chi connectivity index (χ0n) is 18.4. The number of carbonyl (C=O) groups is 1. The maximum absolute atomic E-state index is 13.8. The van der Waals surface area contributed by atoms with Gasteiger partial charge >= 0.3 is 0 Å². The summed E-state index contributed by atoms with van der Waals surface area (Å²) in [6, 6.07) is 18.9. The molecule has 2 aliphatic heterocycles. The lowest BCUT2D eigenvalue weighted by Crippen LogP contribution is -2.29. The molecule has 172 valence electrons. The second-order valence-electron chi connectivity index (χ2n) is 7.48. The molecule has 9 heteroatoms. The number of hydrogen-bond donors (Lipinski definition) is 2. The normalized spacial score (nSPS) is 18.6. The molecule has 3 aromatic rings. The standard InChI is InChI=1S/C25H21N3O4S2/c1-3-27-20-14-19(32-2)12-13-21(20)33-24(27)22-23(31)28(16-6-10-18(30)11-7-16)25(34-22)26-15-4-8-17(29)9-5-15/h4-14,29-30H,3H2,1-2H3/b24-22-,26-25?. The van der Waals surface area contributed by atoms with E-state index in [-0.39, 0.29) is 17.4 Å². The van der Waals surface area contributed by atoms with Gasteiger partial charge < -0.3 is 19.8 Å². The van der Waals surface area contributed by atoms with Crippen LogP contribution in [0.1, 0.15) is 6.92 Å². The lowest BCUT2D eigenvalue weighted by atomic mass is 10.2. The Kier molecular flexibility index (Phi) is 5.89. The van der Waals surface area contributed by atoms with Crippen molar-refractivity contribution >= 4 is 51.7 Å². The van der Waals surface area contributed by atoms with E-state index in [0.717, 1.165) is 21.4 Å². The highest BCUT2D eigenvalue weighted by Gasteiger charge is 2.40. The zero-order valence-corrected chi connectivity index (χ0v) is 20.1. The molecule has 2 heterocycles. The largest absolute Gasteiger partial charge is 0.508 e. The third kappa shape index (κ3) is 3.97. The molecular weight excluding hydrogens is 470 g/mol. The average molecular weight is 492 g/mol. The number of anilines is 2. The van der Waals surface area contributed by atoms with Gasteiger partial charge in [0.2, 0.25) is 0 Å². The fourth-order valence-corrected chi connectivity index (χ4v) is 6.09. The highest BCUT2D eigenvalue weighted by Crippen LogP contribution is 2.52. The number of phenols is 2. The fraction of sp³-hybridized carbons (Fsp3) is 0.120. The first-order chi connectivity index (χ1) is 16.5. The molecule has 0 radical (unpaired) electrons. The van der Waals surface area contributed by atoms with Crippen molar-refractivity contribution < 1.29 is 19.7 Å². The quantitative estimate of drug-likeness (QED) is 0.455. The zero-order chi connectivity index (χ0) is 23.8. The predicted octanol–water partition coefficient (Wildman–Crippen LogP) is 5.68. The van der Waals surface area contributed by atoms with Crippen LogP contribution in [0.4, 0.5) is 17.1 Å². The first kappa shape index (κ1) is 22.2. The highest BCUT2D eigenvalue weighted by atomic mass is 32.2. The minimum atomic E-state index is -0.186. The van der Waals surface area contributed by atoms with E-state index in [9.17, 15) is 15.0 Å². The number of fused-ring (bicyclic) bond motifs is 1. The van der Waals surface area contributed by atoms with Gasteiger partial charge in [-0.25, -0.2) is 4.99 Å². The van der Waals surface area contributed by atoms with Crippen molar-refractivity contribution in [2.45, 2.75) is 11.8 Å². The first-order valence-electron chi connectivity index (χ1n) is 10.5. The van der Waals surface area contributed by atoms with Crippen molar-refractivity contribution in [1.82, 2.24) is 0 Å². The molecule has 1 fully saturated rings. The summed E-state index contributed by atoms with van der Waals surface area (Å²) in [5.74, 6) is 0.835. The van der Waals surface area contributed by atoms with E-state index in [1.54, 1.807) is 72.3 Å². The number of nitrogens with zero attached hydrogens (tertiary/aromatic N) is 3. The second-order valence-corrected chi connectivity index (χ2v) is 9.49. The minimum absolute atomic E-state index is 0.117. The number of thioether (sulfide) groups is 2. The molecule has 0 unspecified atom stereocenters. The Labute approximate surface area is 205 Å². The smallest absolute Gasteiger partial charge is 0.274 e. The lowest BCUT2D eigenvalue weighted by molar-refractivity contribution is -0.113. The number of rotatable bonds is 4. The van der Waals surface area contributed by atoms with Crippen LogP contribution in [0.5, 0.6) is 17.2 Å². The monoisotopic (exact) mass is 491 g/mol. The number of hydrogen-bond acceptors (Lipinski definition) is 8. The Morgan fingerprint density at radius 1 is 0.941 bits per heavy atom. The number of aliphatic imine (C=N–C) groups is 1. The summed E-state index contributed by atoms with van der Waals surface area (Å²) in [6.07, 6.45) is 0. The molecule has 0 aromatic heterocycles. The number of aromatic hydroxyl groups is 2. The topological polar surface area (TPSA) is 85.6 Å². The molecule has 1 amide bonds. The van der Waals surface area contributed by atoms with Crippen LogP contribution >= 0.6 is 23.5 Å². The van der Waals surface area contributed by atoms with Crippen molar-refractivity contribution in [3.8, 4) is 17.2 Å². The third-order valence-electron chi connectivity index (χ3n) is 5.38. The summed E-state index contributed by atoms with van der Waals surface area (Å²) < 4.78 is 5.40. The molecule has 5 rings (SSSR count). The molecule has 0 aliphatic carbocycles. The van der Waals surface area contributed by atoms with Crippen molar-refractivity contribution in [3.63, 3.8) is 0 Å². The van der Waals surface area contributed by atoms with Crippen LogP contribution in [-0.4, -0.2) is 34.9 Å². The molecule has 34 heavy (non-hydrogen) atoms. The fourth-order valence-electron chi connectivity index (χ4n) is 3.72. The van der Waals surface area contributed by atoms with Crippen LogP contribution in [0, 0.1) is 0 Å². The number of carbonyl (C=O) groups excluding carboxylic acids is 1. The lowest BCUT2D eigenvalue weighted by Gasteiger charge is -2.19. The van der Waals surface area contributed by atoms with Gasteiger partial charge in [-0.05, 0) is 79.3 Å². The van der Waals surface area contributed by atoms with Crippen LogP contribution in [0.2, 0.25) is 0 Å². The van der Waals surface area contributed by atoms with Gasteiger partial charge in [0, 0.05) is 17.5 Å². The van der Waals surface area contributed by atoms with Crippen molar-refractivity contribution in [1.29, 1.82) is 0 Å². The van der Waals surface area contributed by atoms with E-state index in [1.807, 2.05) is 25.1 Å². The molecule has 0 spiro atoms. The molecule has 2 aliphatic rings. The summed E-state index contributed by atoms with van der Waals surface area (Å²) in [5, 5.41) is 20.7. The number of amides is 1. The van der Waals surface area contributed by atoms with E-state index in [0.29, 0.717) is 28.0 Å². The van der Waals surface area contributed by atoms with Crippen molar-refractivity contribution in [2.75, 3.05) is 23.5 Å². The average Bonchev–Trinajstić information content (AvgIpc) is 3.37. The SMILES string of the molecule is CCN1/C(=C2/SC(=Nc3ccc(O)cc3)N(c3ccc(O)cc3)C2=O)Sc2ccc(OC)cc21. The Morgan fingerprint density at radius 3 is 2.26 bits per heavy atom. The summed E-state index contributed by atoms with van der Waals surface area (Å²) >= 11 is 2.86. The predicted molar refractivity (Wildman–Crippen MR) is 137 cm³/mol. The van der Waals surface area contributed by atoms with Gasteiger partial charge in [-0.1, -0.05) is 11.8 Å². The molecule has 0 bridgehead atoms. The summed E-state index contributed by atoms with van der Waals surface area (Å²) in [4.78, 5) is 23.8. The van der Waals surface area contributed by atoms with Gasteiger partial charge in [-0.3, -0.25) is 9.69 Å². The molecule has 0 atom stereocenters. The summed E-state index contributed by atoms with van der Waals surface area (Å²) in [5.41, 5.74) is 2.22. The van der Waals surface area contributed by atoms with E-state index < -0.39 is 0 Å². The molecule has 3 aromatic carbocycles. The van der Waals surface area contributed by atoms with Crippen LogP contribution in [0.15, 0.2) is 86.6 Å².